The number of aliphatic hydroxyl groups is 1. The highest BCUT2D eigenvalue weighted by Crippen LogP contribution is 2.32. The first-order valence-electron chi connectivity index (χ1n) is 4.10. The third-order valence-corrected chi connectivity index (χ3v) is 2.66. The van der Waals surface area contributed by atoms with Crippen LogP contribution in [-0.4, -0.2) is 35.2 Å². The smallest absolute Gasteiger partial charge is 0.0749 e. The van der Waals surface area contributed by atoms with E-state index in [1.165, 1.54) is 19.5 Å². The highest BCUT2D eigenvalue weighted by atomic mass is 16.3. The van der Waals surface area contributed by atoms with Crippen LogP contribution in [0.5, 0.6) is 0 Å². The quantitative estimate of drug-likeness (QED) is 0.530. The lowest BCUT2D eigenvalue weighted by Crippen LogP contribution is -2.44. The Bertz CT molecular complexity index is 130. The van der Waals surface area contributed by atoms with E-state index < -0.39 is 0 Å². The van der Waals surface area contributed by atoms with Crippen molar-refractivity contribution in [1.82, 2.24) is 4.90 Å². The van der Waals surface area contributed by atoms with Crippen molar-refractivity contribution in [2.24, 2.45) is 5.92 Å². The minimum absolute atomic E-state index is 0.389. The summed E-state index contributed by atoms with van der Waals surface area (Å²) in [6.07, 6.45) is 2.32. The Morgan fingerprint density at radius 3 is 3.10 bits per heavy atom. The molecule has 2 aliphatic rings. The Morgan fingerprint density at radius 2 is 2.40 bits per heavy atom. The van der Waals surface area contributed by atoms with E-state index in [-0.39, 0.29) is 5.60 Å². The summed E-state index contributed by atoms with van der Waals surface area (Å²) in [6.45, 7) is 5.29. The molecule has 2 saturated heterocycles. The molecule has 1 N–H and O–H groups in total. The van der Waals surface area contributed by atoms with E-state index in [1.54, 1.807) is 0 Å². The molecule has 0 aromatic carbocycles. The summed E-state index contributed by atoms with van der Waals surface area (Å²) < 4.78 is 0. The van der Waals surface area contributed by atoms with E-state index >= 15 is 0 Å². The zero-order chi connectivity index (χ0) is 7.19. The number of hydrogen-bond acceptors (Lipinski definition) is 2. The summed E-state index contributed by atoms with van der Waals surface area (Å²) in [6, 6.07) is 0. The molecule has 2 fully saturated rings. The van der Waals surface area contributed by atoms with E-state index in [4.69, 9.17) is 0 Å². The molecular formula is C8H15NO. The van der Waals surface area contributed by atoms with Gasteiger partial charge in [-0.2, -0.15) is 0 Å². The molecule has 0 spiro atoms. The molecule has 0 amide bonds. The van der Waals surface area contributed by atoms with Crippen molar-refractivity contribution in [2.45, 2.75) is 25.4 Å². The SMILES string of the molecule is CC1(O)CC2CCN(C2)C1. The third kappa shape index (κ3) is 1.06. The van der Waals surface area contributed by atoms with Crippen LogP contribution in [-0.2, 0) is 0 Å². The first-order chi connectivity index (χ1) is 4.66. The van der Waals surface area contributed by atoms with Gasteiger partial charge in [-0.15, -0.1) is 0 Å². The summed E-state index contributed by atoms with van der Waals surface area (Å²) in [5, 5.41) is 9.71. The van der Waals surface area contributed by atoms with Crippen LogP contribution in [0.4, 0.5) is 0 Å². The van der Waals surface area contributed by atoms with Crippen molar-refractivity contribution < 1.29 is 5.11 Å². The van der Waals surface area contributed by atoms with Gasteiger partial charge in [0.1, 0.15) is 0 Å². The second-order valence-electron chi connectivity index (χ2n) is 4.09. The van der Waals surface area contributed by atoms with Crippen molar-refractivity contribution in [3.8, 4) is 0 Å². The van der Waals surface area contributed by atoms with Crippen LogP contribution in [0.15, 0.2) is 0 Å². The van der Waals surface area contributed by atoms with Crippen LogP contribution in [0, 0.1) is 5.92 Å². The average Bonchev–Trinajstić information content (AvgIpc) is 2.08. The Labute approximate surface area is 61.8 Å². The molecule has 2 aliphatic heterocycles. The third-order valence-electron chi connectivity index (χ3n) is 2.66. The topological polar surface area (TPSA) is 23.5 Å². The fraction of sp³-hybridized carbons (Fsp3) is 1.00. The predicted octanol–water partition coefficient (Wildman–Crippen LogP) is 0.463. The maximum Gasteiger partial charge on any atom is 0.0749 e. The Morgan fingerprint density at radius 1 is 1.60 bits per heavy atom. The summed E-state index contributed by atoms with van der Waals surface area (Å²) in [5.41, 5.74) is -0.389. The first kappa shape index (κ1) is 6.62. The number of piperidine rings is 1. The van der Waals surface area contributed by atoms with Gasteiger partial charge in [-0.1, -0.05) is 0 Å². The fourth-order valence-corrected chi connectivity index (χ4v) is 2.39. The van der Waals surface area contributed by atoms with Crippen LogP contribution >= 0.6 is 0 Å². The molecule has 2 heterocycles. The van der Waals surface area contributed by atoms with Gasteiger partial charge in [-0.3, -0.25) is 0 Å². The number of nitrogens with zero attached hydrogens (tertiary/aromatic N) is 1. The van der Waals surface area contributed by atoms with Crippen molar-refractivity contribution in [3.63, 3.8) is 0 Å². The van der Waals surface area contributed by atoms with Gasteiger partial charge in [-0.25, -0.2) is 0 Å². The lowest BCUT2D eigenvalue weighted by atomic mass is 9.89. The van der Waals surface area contributed by atoms with Gasteiger partial charge in [0.05, 0.1) is 5.60 Å². The Kier molecular flexibility index (Phi) is 1.29. The zero-order valence-corrected chi connectivity index (χ0v) is 6.51. The van der Waals surface area contributed by atoms with E-state index in [0.29, 0.717) is 0 Å². The van der Waals surface area contributed by atoms with Crippen LogP contribution in [0.1, 0.15) is 19.8 Å². The fourth-order valence-electron chi connectivity index (χ4n) is 2.39. The van der Waals surface area contributed by atoms with Gasteiger partial charge in [0.25, 0.3) is 0 Å². The molecule has 0 aromatic heterocycles. The lowest BCUT2D eigenvalue weighted by Gasteiger charge is -2.34. The van der Waals surface area contributed by atoms with Crippen molar-refractivity contribution in [3.05, 3.63) is 0 Å². The molecule has 2 rings (SSSR count). The van der Waals surface area contributed by atoms with Gasteiger partial charge in [0.15, 0.2) is 0 Å². The molecule has 2 nitrogen and oxygen atoms in total. The largest absolute Gasteiger partial charge is 0.389 e. The van der Waals surface area contributed by atoms with Gasteiger partial charge in [0, 0.05) is 13.1 Å². The first-order valence-corrected chi connectivity index (χ1v) is 4.10. The second-order valence-corrected chi connectivity index (χ2v) is 4.09. The molecule has 3 atom stereocenters. The molecule has 0 aromatic rings. The van der Waals surface area contributed by atoms with E-state index in [2.05, 4.69) is 4.90 Å². The molecule has 0 aliphatic carbocycles. The minimum atomic E-state index is -0.389. The monoisotopic (exact) mass is 141 g/mol. The maximum atomic E-state index is 9.71. The van der Waals surface area contributed by atoms with Crippen LogP contribution in [0.3, 0.4) is 0 Å². The second kappa shape index (κ2) is 1.95. The van der Waals surface area contributed by atoms with Crippen molar-refractivity contribution in [2.75, 3.05) is 19.6 Å². The van der Waals surface area contributed by atoms with Crippen molar-refractivity contribution >= 4 is 0 Å². The Balaban J connectivity index is 2.09. The molecule has 2 bridgehead atoms. The van der Waals surface area contributed by atoms with Crippen LogP contribution in [0.25, 0.3) is 0 Å². The summed E-state index contributed by atoms with van der Waals surface area (Å²) >= 11 is 0. The molecule has 3 unspecified atom stereocenters. The standard InChI is InChI=1S/C8H15NO/c1-8(10)4-7-2-3-9(5-7)6-8/h7,10H,2-6H2,1H3. The van der Waals surface area contributed by atoms with Gasteiger partial charge < -0.3 is 10.0 Å². The summed E-state index contributed by atoms with van der Waals surface area (Å²) in [7, 11) is 0. The van der Waals surface area contributed by atoms with E-state index in [9.17, 15) is 5.11 Å². The van der Waals surface area contributed by atoms with Gasteiger partial charge >= 0.3 is 0 Å². The highest BCUT2D eigenvalue weighted by molar-refractivity contribution is 4.92. The van der Waals surface area contributed by atoms with E-state index in [0.717, 1.165) is 18.9 Å². The molecule has 0 saturated carbocycles. The molecule has 0 radical (unpaired) electrons. The predicted molar refractivity (Wildman–Crippen MR) is 39.8 cm³/mol. The maximum absolute atomic E-state index is 9.71. The molecular weight excluding hydrogens is 126 g/mol. The zero-order valence-electron chi connectivity index (χ0n) is 6.51. The molecule has 10 heavy (non-hydrogen) atoms. The number of hydrogen-bond donors (Lipinski definition) is 1. The van der Waals surface area contributed by atoms with Crippen LogP contribution < -0.4 is 0 Å². The summed E-state index contributed by atoms with van der Waals surface area (Å²) in [5.74, 6) is 0.781. The number of fused-ring (bicyclic) bond motifs is 2. The average molecular weight is 141 g/mol. The van der Waals surface area contributed by atoms with E-state index in [1.807, 2.05) is 6.92 Å². The molecule has 2 heteroatoms. The van der Waals surface area contributed by atoms with Crippen LogP contribution in [0.2, 0.25) is 0 Å². The minimum Gasteiger partial charge on any atom is -0.389 e. The molecule has 58 valence electrons. The lowest BCUT2D eigenvalue weighted by molar-refractivity contribution is -0.0124. The number of rotatable bonds is 0. The van der Waals surface area contributed by atoms with Crippen molar-refractivity contribution in [1.29, 1.82) is 0 Å². The highest BCUT2D eigenvalue weighted by Gasteiger charge is 2.37. The van der Waals surface area contributed by atoms with Gasteiger partial charge in [-0.05, 0) is 32.2 Å². The summed E-state index contributed by atoms with van der Waals surface area (Å²) in [4.78, 5) is 2.37. The normalized spacial score (nSPS) is 53.4. The van der Waals surface area contributed by atoms with Gasteiger partial charge in [0.2, 0.25) is 0 Å². The Hall–Kier alpha value is -0.0800.